The first-order valence-electron chi connectivity index (χ1n) is 16.9. The molecule has 0 saturated carbocycles. The Hall–Kier alpha value is -5.46. The minimum absolute atomic E-state index is 0.00472. The molecular formula is C38H48N2O11. The molecule has 51 heavy (non-hydrogen) atoms. The Balaban J connectivity index is 1.91. The van der Waals surface area contributed by atoms with Gasteiger partial charge in [-0.2, -0.15) is 0 Å². The number of carbonyl (C=O) groups is 4. The first kappa shape index (κ1) is 40.0. The number of nitrogen functional groups attached to an aromatic ring is 1. The molecule has 0 amide bonds. The molecule has 0 fully saturated rings. The number of anilines is 2. The highest BCUT2D eigenvalue weighted by atomic mass is 16.5. The van der Waals surface area contributed by atoms with Crippen molar-refractivity contribution in [2.45, 2.75) is 54.1 Å². The number of nitrogens with zero attached hydrogens (tertiary/aromatic N) is 1. The van der Waals surface area contributed by atoms with Gasteiger partial charge in [-0.05, 0) is 63.9 Å². The summed E-state index contributed by atoms with van der Waals surface area (Å²) in [6.45, 7) is 9.18. The van der Waals surface area contributed by atoms with Crippen LogP contribution in [0.5, 0.6) is 17.2 Å². The second kappa shape index (κ2) is 20.9. The number of aryl methyl sites for hydroxylation is 1. The molecule has 0 aromatic heterocycles. The van der Waals surface area contributed by atoms with Gasteiger partial charge in [0, 0.05) is 11.1 Å². The molecule has 3 aromatic carbocycles. The van der Waals surface area contributed by atoms with Gasteiger partial charge >= 0.3 is 23.9 Å². The van der Waals surface area contributed by atoms with Crippen LogP contribution >= 0.6 is 0 Å². The fourth-order valence-corrected chi connectivity index (χ4v) is 5.08. The van der Waals surface area contributed by atoms with Gasteiger partial charge in [0.15, 0.2) is 0 Å². The fourth-order valence-electron chi connectivity index (χ4n) is 5.08. The number of rotatable bonds is 21. The van der Waals surface area contributed by atoms with Gasteiger partial charge < -0.3 is 43.8 Å². The lowest BCUT2D eigenvalue weighted by atomic mass is 10.0. The van der Waals surface area contributed by atoms with Crippen molar-refractivity contribution in [3.05, 3.63) is 76.9 Å². The quantitative estimate of drug-likeness (QED) is 0.0699. The molecule has 0 bridgehead atoms. The SMILES string of the molecule is CCOC(=O)Cc1cc(OCCOc2cc(C)ccc2N(CC(=O)OCC)CC(=O)OCC)c(N)c(CC(=O)OCC)c1OCc1ccccc1. The zero-order valence-corrected chi connectivity index (χ0v) is 30.0. The summed E-state index contributed by atoms with van der Waals surface area (Å²) in [5.41, 5.74) is 9.72. The van der Waals surface area contributed by atoms with Gasteiger partial charge in [-0.1, -0.05) is 36.4 Å². The van der Waals surface area contributed by atoms with E-state index in [0.29, 0.717) is 22.6 Å². The molecule has 0 aliphatic carbocycles. The Morgan fingerprint density at radius 2 is 1.20 bits per heavy atom. The molecule has 0 radical (unpaired) electrons. The van der Waals surface area contributed by atoms with Gasteiger partial charge in [0.1, 0.15) is 50.2 Å². The standard InChI is InChI=1S/C38H48N2O11/c1-6-45-33(41)21-28-20-32(37(39)29(22-34(42)46-7-2)38(28)51-25-27-13-11-10-12-14-27)50-18-17-49-31-19-26(5)15-16-30(31)40(23-35(43)47-8-3)24-36(44)48-9-4/h10-16,19-20H,6-9,17-18,21-25,39H2,1-5H3. The molecule has 0 atom stereocenters. The van der Waals surface area contributed by atoms with Crippen LogP contribution in [0.2, 0.25) is 0 Å². The predicted molar refractivity (Wildman–Crippen MR) is 190 cm³/mol. The smallest absolute Gasteiger partial charge is 0.325 e. The highest BCUT2D eigenvalue weighted by molar-refractivity contribution is 5.83. The summed E-state index contributed by atoms with van der Waals surface area (Å²) < 4.78 is 39.1. The molecule has 0 spiro atoms. The van der Waals surface area contributed by atoms with E-state index in [4.69, 9.17) is 38.9 Å². The lowest BCUT2D eigenvalue weighted by molar-refractivity contribution is -0.144. The van der Waals surface area contributed by atoms with Crippen LogP contribution in [0.25, 0.3) is 0 Å². The van der Waals surface area contributed by atoms with E-state index in [0.717, 1.165) is 11.1 Å². The van der Waals surface area contributed by atoms with E-state index in [-0.39, 0.29) is 89.4 Å². The molecule has 3 aromatic rings. The maximum Gasteiger partial charge on any atom is 0.325 e. The molecule has 13 heteroatoms. The Morgan fingerprint density at radius 3 is 1.78 bits per heavy atom. The number of nitrogens with two attached hydrogens (primary N) is 1. The molecular weight excluding hydrogens is 660 g/mol. The average molecular weight is 709 g/mol. The van der Waals surface area contributed by atoms with E-state index in [1.807, 2.05) is 43.3 Å². The third-order valence-corrected chi connectivity index (χ3v) is 7.26. The first-order chi connectivity index (χ1) is 24.6. The Labute approximate surface area is 298 Å². The largest absolute Gasteiger partial charge is 0.488 e. The highest BCUT2D eigenvalue weighted by Crippen LogP contribution is 2.39. The normalized spacial score (nSPS) is 10.5. The zero-order valence-electron chi connectivity index (χ0n) is 30.0. The van der Waals surface area contributed by atoms with Gasteiger partial charge in [-0.3, -0.25) is 19.2 Å². The molecule has 276 valence electrons. The highest BCUT2D eigenvalue weighted by Gasteiger charge is 2.24. The van der Waals surface area contributed by atoms with Crippen molar-refractivity contribution < 1.29 is 52.3 Å². The molecule has 0 saturated heterocycles. The minimum Gasteiger partial charge on any atom is -0.488 e. The number of ether oxygens (including phenoxy) is 7. The van der Waals surface area contributed by atoms with Crippen molar-refractivity contribution in [1.29, 1.82) is 0 Å². The van der Waals surface area contributed by atoms with Gasteiger partial charge in [0.05, 0.1) is 50.6 Å². The molecule has 0 unspecified atom stereocenters. The van der Waals surface area contributed by atoms with Gasteiger partial charge in [-0.15, -0.1) is 0 Å². The average Bonchev–Trinajstić information content (AvgIpc) is 3.09. The van der Waals surface area contributed by atoms with Crippen LogP contribution in [-0.4, -0.2) is 76.6 Å². The molecule has 0 aliphatic rings. The lowest BCUT2D eigenvalue weighted by Gasteiger charge is -2.25. The third kappa shape index (κ3) is 12.7. The maximum atomic E-state index is 12.7. The van der Waals surface area contributed by atoms with E-state index in [9.17, 15) is 19.2 Å². The molecule has 0 aliphatic heterocycles. The van der Waals surface area contributed by atoms with Crippen molar-refractivity contribution in [2.75, 3.05) is 63.4 Å². The molecule has 2 N–H and O–H groups in total. The van der Waals surface area contributed by atoms with Crippen LogP contribution in [0.1, 0.15) is 49.9 Å². The van der Waals surface area contributed by atoms with E-state index >= 15 is 0 Å². The van der Waals surface area contributed by atoms with Crippen molar-refractivity contribution in [2.24, 2.45) is 0 Å². The summed E-state index contributed by atoms with van der Waals surface area (Å²) in [6.07, 6.45) is -0.388. The summed E-state index contributed by atoms with van der Waals surface area (Å²) >= 11 is 0. The Kier molecular flexibility index (Phi) is 16.4. The molecule has 0 heterocycles. The van der Waals surface area contributed by atoms with Crippen LogP contribution in [0.3, 0.4) is 0 Å². The summed E-state index contributed by atoms with van der Waals surface area (Å²) in [6, 6.07) is 16.4. The Morgan fingerprint density at radius 1 is 0.647 bits per heavy atom. The van der Waals surface area contributed by atoms with E-state index in [2.05, 4.69) is 0 Å². The second-order valence-corrected chi connectivity index (χ2v) is 11.1. The van der Waals surface area contributed by atoms with Crippen LogP contribution in [0.15, 0.2) is 54.6 Å². The lowest BCUT2D eigenvalue weighted by Crippen LogP contribution is -2.36. The number of hydrogen-bond acceptors (Lipinski definition) is 13. The molecule has 13 nitrogen and oxygen atoms in total. The number of hydrogen-bond donors (Lipinski definition) is 1. The predicted octanol–water partition coefficient (Wildman–Crippen LogP) is 4.76. The summed E-state index contributed by atoms with van der Waals surface area (Å²) in [7, 11) is 0. The van der Waals surface area contributed by atoms with Gasteiger partial charge in [0.2, 0.25) is 0 Å². The van der Waals surface area contributed by atoms with Crippen molar-refractivity contribution in [1.82, 2.24) is 0 Å². The van der Waals surface area contributed by atoms with Crippen molar-refractivity contribution in [3.8, 4) is 17.2 Å². The van der Waals surface area contributed by atoms with Crippen molar-refractivity contribution >= 4 is 35.3 Å². The Bertz CT molecular complexity index is 1590. The third-order valence-electron chi connectivity index (χ3n) is 7.26. The van der Waals surface area contributed by atoms with Gasteiger partial charge in [-0.25, -0.2) is 0 Å². The summed E-state index contributed by atoms with van der Waals surface area (Å²) in [5.74, 6) is -1.17. The number of esters is 4. The summed E-state index contributed by atoms with van der Waals surface area (Å²) in [4.78, 5) is 51.8. The second-order valence-electron chi connectivity index (χ2n) is 11.1. The van der Waals surface area contributed by atoms with Crippen LogP contribution in [0.4, 0.5) is 11.4 Å². The van der Waals surface area contributed by atoms with E-state index in [1.54, 1.807) is 45.9 Å². The number of benzene rings is 3. The topological polar surface area (TPSA) is 162 Å². The summed E-state index contributed by atoms with van der Waals surface area (Å²) in [5, 5.41) is 0. The van der Waals surface area contributed by atoms with E-state index < -0.39 is 23.9 Å². The van der Waals surface area contributed by atoms with Crippen LogP contribution < -0.4 is 24.8 Å². The monoisotopic (exact) mass is 708 g/mol. The van der Waals surface area contributed by atoms with Crippen LogP contribution in [-0.2, 0) is 57.6 Å². The minimum atomic E-state index is -0.529. The fraction of sp³-hybridized carbons (Fsp3) is 0.421. The number of carbonyl (C=O) groups excluding carboxylic acids is 4. The van der Waals surface area contributed by atoms with Crippen molar-refractivity contribution in [3.63, 3.8) is 0 Å². The van der Waals surface area contributed by atoms with Crippen LogP contribution in [0, 0.1) is 6.92 Å². The first-order valence-corrected chi connectivity index (χ1v) is 16.9. The van der Waals surface area contributed by atoms with E-state index in [1.165, 1.54) is 4.90 Å². The van der Waals surface area contributed by atoms with Gasteiger partial charge in [0.25, 0.3) is 0 Å². The molecule has 3 rings (SSSR count). The zero-order chi connectivity index (χ0) is 37.2. The maximum absolute atomic E-state index is 12.7.